The van der Waals surface area contributed by atoms with Crippen molar-refractivity contribution in [2.45, 2.75) is 45.3 Å². The molecule has 0 heterocycles. The van der Waals surface area contributed by atoms with E-state index in [0.717, 1.165) is 19.3 Å². The van der Waals surface area contributed by atoms with Crippen molar-refractivity contribution < 1.29 is 9.47 Å². The summed E-state index contributed by atoms with van der Waals surface area (Å²) >= 11 is 0. The summed E-state index contributed by atoms with van der Waals surface area (Å²) in [7, 11) is 3.58. The lowest BCUT2D eigenvalue weighted by Gasteiger charge is -2.38. The fourth-order valence-electron chi connectivity index (χ4n) is 2.13. The van der Waals surface area contributed by atoms with Crippen LogP contribution in [0.3, 0.4) is 0 Å². The first-order valence-electron chi connectivity index (χ1n) is 4.63. The zero-order chi connectivity index (χ0) is 9.19. The first kappa shape index (κ1) is 10.0. The van der Waals surface area contributed by atoms with Crippen LogP contribution in [0.1, 0.15) is 33.1 Å². The molecule has 0 bridgehead atoms. The fraction of sp³-hybridized carbons (Fsp3) is 1.00. The fourth-order valence-corrected chi connectivity index (χ4v) is 2.13. The Labute approximate surface area is 75.2 Å². The number of rotatable bonds is 2. The van der Waals surface area contributed by atoms with Gasteiger partial charge >= 0.3 is 0 Å². The van der Waals surface area contributed by atoms with Gasteiger partial charge in [-0.25, -0.2) is 0 Å². The Hall–Kier alpha value is -0.0800. The average Bonchev–Trinajstić information content (AvgIpc) is 2.01. The molecule has 1 saturated carbocycles. The highest BCUT2D eigenvalue weighted by Gasteiger charge is 2.33. The Morgan fingerprint density at radius 1 is 1.00 bits per heavy atom. The van der Waals surface area contributed by atoms with Gasteiger partial charge in [-0.1, -0.05) is 13.8 Å². The molecule has 1 aliphatic carbocycles. The summed E-state index contributed by atoms with van der Waals surface area (Å²) < 4.78 is 10.8. The van der Waals surface area contributed by atoms with E-state index in [1.54, 1.807) is 14.2 Å². The smallest absolute Gasteiger partial charge is 0.0601 e. The molecule has 1 aliphatic rings. The molecule has 0 aromatic carbocycles. The second kappa shape index (κ2) is 3.75. The largest absolute Gasteiger partial charge is 0.381 e. The van der Waals surface area contributed by atoms with Crippen molar-refractivity contribution in [3.05, 3.63) is 0 Å². The van der Waals surface area contributed by atoms with Gasteiger partial charge in [-0.3, -0.25) is 0 Å². The Morgan fingerprint density at radius 3 is 1.75 bits per heavy atom. The monoisotopic (exact) mass is 172 g/mol. The molecular weight excluding hydrogens is 152 g/mol. The lowest BCUT2D eigenvalue weighted by Crippen LogP contribution is -2.36. The standard InChI is InChI=1S/C10H20O2/c1-10(2)6-8(11-3)5-9(7-10)12-4/h8-9H,5-7H2,1-4H3. The molecule has 2 atom stereocenters. The molecule has 72 valence electrons. The second-order valence-corrected chi connectivity index (χ2v) is 4.52. The molecule has 0 N–H and O–H groups in total. The van der Waals surface area contributed by atoms with E-state index in [-0.39, 0.29) is 0 Å². The van der Waals surface area contributed by atoms with Crippen LogP contribution in [0.4, 0.5) is 0 Å². The van der Waals surface area contributed by atoms with Crippen LogP contribution in [0.2, 0.25) is 0 Å². The van der Waals surface area contributed by atoms with E-state index in [9.17, 15) is 0 Å². The van der Waals surface area contributed by atoms with Gasteiger partial charge in [0.05, 0.1) is 12.2 Å². The third-order valence-corrected chi connectivity index (χ3v) is 2.75. The SMILES string of the molecule is COC1CC(OC)CC(C)(C)C1. The van der Waals surface area contributed by atoms with Crippen LogP contribution in [-0.4, -0.2) is 26.4 Å². The zero-order valence-electron chi connectivity index (χ0n) is 8.59. The molecule has 0 amide bonds. The van der Waals surface area contributed by atoms with Gasteiger partial charge in [-0.05, 0) is 24.7 Å². The maximum absolute atomic E-state index is 5.38. The van der Waals surface area contributed by atoms with Crippen LogP contribution in [-0.2, 0) is 9.47 Å². The van der Waals surface area contributed by atoms with E-state index in [1.807, 2.05) is 0 Å². The molecule has 2 heteroatoms. The molecule has 0 spiro atoms. The minimum Gasteiger partial charge on any atom is -0.381 e. The molecule has 2 nitrogen and oxygen atoms in total. The van der Waals surface area contributed by atoms with Gasteiger partial charge < -0.3 is 9.47 Å². The summed E-state index contributed by atoms with van der Waals surface area (Å²) in [5.74, 6) is 0. The van der Waals surface area contributed by atoms with Crippen LogP contribution < -0.4 is 0 Å². The van der Waals surface area contributed by atoms with E-state index in [4.69, 9.17) is 9.47 Å². The average molecular weight is 172 g/mol. The summed E-state index contributed by atoms with van der Waals surface area (Å²) in [5.41, 5.74) is 0.375. The van der Waals surface area contributed by atoms with Crippen LogP contribution >= 0.6 is 0 Å². The van der Waals surface area contributed by atoms with Crippen LogP contribution in [0, 0.1) is 5.41 Å². The predicted octanol–water partition coefficient (Wildman–Crippen LogP) is 2.23. The third kappa shape index (κ3) is 2.46. The number of methoxy groups -OCH3 is 2. The van der Waals surface area contributed by atoms with Crippen LogP contribution in [0.5, 0.6) is 0 Å². The van der Waals surface area contributed by atoms with Gasteiger partial charge in [0.25, 0.3) is 0 Å². The van der Waals surface area contributed by atoms with Crippen molar-refractivity contribution in [2.24, 2.45) is 5.41 Å². The van der Waals surface area contributed by atoms with E-state index in [2.05, 4.69) is 13.8 Å². The number of hydrogen-bond donors (Lipinski definition) is 0. The molecule has 0 aromatic rings. The Morgan fingerprint density at radius 2 is 1.42 bits per heavy atom. The summed E-state index contributed by atoms with van der Waals surface area (Å²) in [5, 5.41) is 0. The third-order valence-electron chi connectivity index (χ3n) is 2.75. The van der Waals surface area contributed by atoms with Crippen molar-refractivity contribution in [2.75, 3.05) is 14.2 Å². The van der Waals surface area contributed by atoms with Gasteiger partial charge in [0.2, 0.25) is 0 Å². The second-order valence-electron chi connectivity index (χ2n) is 4.52. The van der Waals surface area contributed by atoms with E-state index < -0.39 is 0 Å². The van der Waals surface area contributed by atoms with Crippen molar-refractivity contribution in [1.82, 2.24) is 0 Å². The van der Waals surface area contributed by atoms with Crippen molar-refractivity contribution in [1.29, 1.82) is 0 Å². The van der Waals surface area contributed by atoms with Crippen molar-refractivity contribution in [3.8, 4) is 0 Å². The zero-order valence-corrected chi connectivity index (χ0v) is 8.59. The first-order chi connectivity index (χ1) is 5.57. The molecule has 1 fully saturated rings. The summed E-state index contributed by atoms with van der Waals surface area (Å²) in [4.78, 5) is 0. The van der Waals surface area contributed by atoms with Crippen LogP contribution in [0.15, 0.2) is 0 Å². The Balaban J connectivity index is 2.53. The van der Waals surface area contributed by atoms with Gasteiger partial charge in [-0.15, -0.1) is 0 Å². The first-order valence-corrected chi connectivity index (χ1v) is 4.63. The predicted molar refractivity (Wildman–Crippen MR) is 49.2 cm³/mol. The molecule has 0 aromatic heterocycles. The normalized spacial score (nSPS) is 35.0. The molecule has 12 heavy (non-hydrogen) atoms. The molecule has 0 aliphatic heterocycles. The highest BCUT2D eigenvalue weighted by atomic mass is 16.5. The molecule has 0 saturated heterocycles. The molecule has 1 rings (SSSR count). The highest BCUT2D eigenvalue weighted by molar-refractivity contribution is 4.85. The van der Waals surface area contributed by atoms with Crippen molar-refractivity contribution in [3.63, 3.8) is 0 Å². The van der Waals surface area contributed by atoms with E-state index >= 15 is 0 Å². The van der Waals surface area contributed by atoms with E-state index in [1.165, 1.54) is 0 Å². The lowest BCUT2D eigenvalue weighted by atomic mass is 9.74. The van der Waals surface area contributed by atoms with Gasteiger partial charge in [0.1, 0.15) is 0 Å². The number of ether oxygens (including phenoxy) is 2. The summed E-state index contributed by atoms with van der Waals surface area (Å²) in [6, 6.07) is 0. The van der Waals surface area contributed by atoms with E-state index in [0.29, 0.717) is 17.6 Å². The molecular formula is C10H20O2. The minimum atomic E-state index is 0.375. The highest BCUT2D eigenvalue weighted by Crippen LogP contribution is 2.37. The quantitative estimate of drug-likeness (QED) is 0.636. The van der Waals surface area contributed by atoms with Gasteiger partial charge in [0, 0.05) is 14.2 Å². The Kier molecular flexibility index (Phi) is 3.13. The Bertz CT molecular complexity index is 129. The maximum atomic E-state index is 5.38. The minimum absolute atomic E-state index is 0.375. The van der Waals surface area contributed by atoms with Crippen molar-refractivity contribution >= 4 is 0 Å². The van der Waals surface area contributed by atoms with Crippen LogP contribution in [0.25, 0.3) is 0 Å². The molecule has 2 unspecified atom stereocenters. The van der Waals surface area contributed by atoms with Gasteiger partial charge in [-0.2, -0.15) is 0 Å². The number of hydrogen-bond acceptors (Lipinski definition) is 2. The lowest BCUT2D eigenvalue weighted by molar-refractivity contribution is -0.0520. The summed E-state index contributed by atoms with van der Waals surface area (Å²) in [6.07, 6.45) is 4.14. The van der Waals surface area contributed by atoms with Gasteiger partial charge in [0.15, 0.2) is 0 Å². The maximum Gasteiger partial charge on any atom is 0.0601 e. The molecule has 0 radical (unpaired) electrons. The topological polar surface area (TPSA) is 18.5 Å². The summed E-state index contributed by atoms with van der Waals surface area (Å²) in [6.45, 7) is 4.56.